The molecule has 74 valence electrons. The summed E-state index contributed by atoms with van der Waals surface area (Å²) in [5, 5.41) is 0. The van der Waals surface area contributed by atoms with Crippen molar-refractivity contribution in [3.05, 3.63) is 34.4 Å². The Morgan fingerprint density at radius 1 is 0.429 bits per heavy atom. The maximum Gasteiger partial charge on any atom is 0.198 e. The average Bonchev–Trinajstić information content (AvgIpc) is 2.18. The lowest BCUT2D eigenvalue weighted by Crippen LogP contribution is -2.12. The molecule has 0 saturated carbocycles. The van der Waals surface area contributed by atoms with Crippen LogP contribution in [-0.2, 0) is 0 Å². The molecule has 0 fully saturated rings. The molecule has 1 aromatic carbocycles. The molecule has 0 spiro atoms. The lowest BCUT2D eigenvalue weighted by molar-refractivity contribution is 0.400. The van der Waals surface area contributed by atoms with Gasteiger partial charge in [0.25, 0.3) is 0 Å². The summed E-state index contributed by atoms with van der Waals surface area (Å²) in [6.07, 6.45) is 0. The smallest absolute Gasteiger partial charge is 0.198 e. The van der Waals surface area contributed by atoms with Gasteiger partial charge in [-0.2, -0.15) is 0 Å². The van der Waals surface area contributed by atoms with Crippen LogP contribution in [0.3, 0.4) is 0 Å². The van der Waals surface area contributed by atoms with Crippen LogP contribution in [0.1, 0.15) is 11.1 Å². The fraction of sp³-hybridized carbons (Fsp3) is 0. The summed E-state index contributed by atoms with van der Waals surface area (Å²) in [4.78, 5) is 0. The van der Waals surface area contributed by atoms with Crippen molar-refractivity contribution in [3.8, 4) is 0 Å². The minimum atomic E-state index is -2.15. The van der Waals surface area contributed by atoms with Crippen molar-refractivity contribution >= 4 is 11.7 Å². The Hall–Kier alpha value is -1.46. The monoisotopic (exact) mass is 210 g/mol. The Morgan fingerprint density at radius 3 is 1.00 bits per heavy atom. The van der Waals surface area contributed by atoms with Crippen molar-refractivity contribution in [1.29, 1.82) is 0 Å². The van der Waals surface area contributed by atoms with E-state index in [2.05, 4.69) is 0 Å². The van der Waals surface area contributed by atoms with Crippen molar-refractivity contribution in [2.75, 3.05) is 0 Å². The van der Waals surface area contributed by atoms with Crippen molar-refractivity contribution in [2.24, 2.45) is 0 Å². The van der Waals surface area contributed by atoms with Crippen LogP contribution in [0.5, 0.6) is 0 Å². The molecule has 0 aromatic heterocycles. The Labute approximate surface area is 73.5 Å². The zero-order valence-corrected chi connectivity index (χ0v) is 6.27. The summed E-state index contributed by atoms with van der Waals surface area (Å²) in [6.45, 7) is 0. The van der Waals surface area contributed by atoms with Gasteiger partial charge in [-0.3, -0.25) is 0 Å². The van der Waals surface area contributed by atoms with E-state index in [1.54, 1.807) is 0 Å². The molecule has 0 N–H and O–H groups in total. The first kappa shape index (κ1) is 9.11. The molecule has 6 heteroatoms. The number of hydrogen-bond acceptors (Lipinski definition) is 0. The van der Waals surface area contributed by atoms with Crippen molar-refractivity contribution in [2.45, 2.75) is 0 Å². The lowest BCUT2D eigenvalue weighted by atomic mass is 9.93. The second kappa shape index (κ2) is 2.52. The molecular formula is C8F6. The third kappa shape index (κ3) is 0.804. The summed E-state index contributed by atoms with van der Waals surface area (Å²) in [5.41, 5.74) is -2.36. The highest BCUT2D eigenvalue weighted by Crippen LogP contribution is 2.46. The Morgan fingerprint density at radius 2 is 0.714 bits per heavy atom. The van der Waals surface area contributed by atoms with Crippen LogP contribution in [0, 0.1) is 23.3 Å². The average molecular weight is 210 g/mol. The number of fused-ring (bicyclic) bond motifs is 1. The standard InChI is InChI=1S/C8F6/c9-3-1-2(4(3)10)6(12)8(14)7(13)5(1)11. The summed E-state index contributed by atoms with van der Waals surface area (Å²) in [6, 6.07) is 0. The SMILES string of the molecule is FC1=C(F)c2c(F)c(F)c(F)c(F)c21. The molecular weight excluding hydrogens is 210 g/mol. The van der Waals surface area contributed by atoms with Gasteiger partial charge in [0, 0.05) is 0 Å². The van der Waals surface area contributed by atoms with E-state index in [9.17, 15) is 26.3 Å². The van der Waals surface area contributed by atoms with Crippen molar-refractivity contribution < 1.29 is 26.3 Å². The van der Waals surface area contributed by atoms with E-state index >= 15 is 0 Å². The van der Waals surface area contributed by atoms with Gasteiger partial charge in [-0.05, 0) is 0 Å². The van der Waals surface area contributed by atoms with Crippen LogP contribution >= 0.6 is 0 Å². The van der Waals surface area contributed by atoms with Crippen molar-refractivity contribution in [1.82, 2.24) is 0 Å². The Bertz CT molecular complexity index is 430. The van der Waals surface area contributed by atoms with Crippen LogP contribution in [0.4, 0.5) is 26.3 Å². The van der Waals surface area contributed by atoms with Crippen molar-refractivity contribution in [3.63, 3.8) is 0 Å². The van der Waals surface area contributed by atoms with Gasteiger partial charge in [0.2, 0.25) is 0 Å². The molecule has 2 rings (SSSR count). The third-order valence-corrected chi connectivity index (χ3v) is 1.90. The van der Waals surface area contributed by atoms with Crippen LogP contribution in [-0.4, -0.2) is 0 Å². The molecule has 0 heterocycles. The van der Waals surface area contributed by atoms with Gasteiger partial charge >= 0.3 is 0 Å². The highest BCUT2D eigenvalue weighted by Gasteiger charge is 2.38. The fourth-order valence-corrected chi connectivity index (χ4v) is 1.20. The molecule has 1 aliphatic rings. The van der Waals surface area contributed by atoms with E-state index in [0.29, 0.717) is 0 Å². The third-order valence-electron chi connectivity index (χ3n) is 1.90. The minimum Gasteiger partial charge on any atom is -0.203 e. The van der Waals surface area contributed by atoms with E-state index in [-0.39, 0.29) is 0 Å². The zero-order chi connectivity index (χ0) is 10.6. The first-order chi connectivity index (χ1) is 6.46. The van der Waals surface area contributed by atoms with Crippen LogP contribution in [0.2, 0.25) is 0 Å². The topological polar surface area (TPSA) is 0 Å². The summed E-state index contributed by atoms with van der Waals surface area (Å²) in [7, 11) is 0. The Balaban J connectivity index is 2.83. The molecule has 0 aliphatic heterocycles. The summed E-state index contributed by atoms with van der Waals surface area (Å²) < 4.78 is 75.2. The molecule has 14 heavy (non-hydrogen) atoms. The van der Waals surface area contributed by atoms with Gasteiger partial charge in [-0.25, -0.2) is 26.3 Å². The van der Waals surface area contributed by atoms with E-state index in [0.717, 1.165) is 0 Å². The highest BCUT2D eigenvalue weighted by molar-refractivity contribution is 5.97. The lowest BCUT2D eigenvalue weighted by Gasteiger charge is -2.18. The number of rotatable bonds is 0. The fourth-order valence-electron chi connectivity index (χ4n) is 1.20. The maximum atomic E-state index is 12.7. The molecule has 0 amide bonds. The van der Waals surface area contributed by atoms with Gasteiger partial charge in [-0.1, -0.05) is 0 Å². The van der Waals surface area contributed by atoms with Crippen LogP contribution in [0.15, 0.2) is 0 Å². The predicted octanol–water partition coefficient (Wildman–Crippen LogP) is 3.32. The Kier molecular flexibility index (Phi) is 1.64. The first-order valence-electron chi connectivity index (χ1n) is 3.38. The highest BCUT2D eigenvalue weighted by atomic mass is 19.2. The second-order valence-corrected chi connectivity index (χ2v) is 2.63. The first-order valence-corrected chi connectivity index (χ1v) is 3.38. The predicted molar refractivity (Wildman–Crippen MR) is 35.3 cm³/mol. The molecule has 0 bridgehead atoms. The molecule has 0 saturated heterocycles. The van der Waals surface area contributed by atoms with E-state index in [4.69, 9.17) is 0 Å². The normalized spacial score (nSPS) is 14.1. The summed E-state index contributed by atoms with van der Waals surface area (Å²) >= 11 is 0. The van der Waals surface area contributed by atoms with Gasteiger partial charge in [0.15, 0.2) is 34.9 Å². The van der Waals surface area contributed by atoms with E-state index in [1.165, 1.54) is 0 Å². The largest absolute Gasteiger partial charge is 0.203 e. The molecule has 0 atom stereocenters. The summed E-state index contributed by atoms with van der Waals surface area (Å²) in [5.74, 6) is -11.5. The van der Waals surface area contributed by atoms with Gasteiger partial charge in [0.1, 0.15) is 0 Å². The number of halogens is 6. The van der Waals surface area contributed by atoms with Gasteiger partial charge < -0.3 is 0 Å². The van der Waals surface area contributed by atoms with Crippen LogP contribution < -0.4 is 0 Å². The maximum absolute atomic E-state index is 12.7. The zero-order valence-electron chi connectivity index (χ0n) is 6.27. The number of benzene rings is 1. The molecule has 0 unspecified atom stereocenters. The number of hydrogen-bond donors (Lipinski definition) is 0. The van der Waals surface area contributed by atoms with E-state index in [1.807, 2.05) is 0 Å². The molecule has 1 aromatic rings. The van der Waals surface area contributed by atoms with Gasteiger partial charge in [-0.15, -0.1) is 0 Å². The molecule has 0 radical (unpaired) electrons. The van der Waals surface area contributed by atoms with Gasteiger partial charge in [0.05, 0.1) is 11.1 Å². The molecule has 1 aliphatic carbocycles. The molecule has 0 nitrogen and oxygen atoms in total. The van der Waals surface area contributed by atoms with E-state index < -0.39 is 46.0 Å². The quantitative estimate of drug-likeness (QED) is 0.350. The second-order valence-electron chi connectivity index (χ2n) is 2.63. The minimum absolute atomic E-state index is 1.18. The van der Waals surface area contributed by atoms with Crippen LogP contribution in [0.25, 0.3) is 11.7 Å².